The molecule has 0 aromatic heterocycles. The van der Waals surface area contributed by atoms with Crippen LogP contribution in [-0.2, 0) is 20.4 Å². The van der Waals surface area contributed by atoms with Crippen molar-refractivity contribution in [3.63, 3.8) is 0 Å². The predicted molar refractivity (Wildman–Crippen MR) is 136 cm³/mol. The number of hydrogen-bond donors (Lipinski definition) is 2. The molecule has 6 aliphatic carbocycles. The summed E-state index contributed by atoms with van der Waals surface area (Å²) in [5.41, 5.74) is 6.47. The average molecular weight is 473 g/mol. The second-order valence-electron chi connectivity index (χ2n) is 10.3. The van der Waals surface area contributed by atoms with Gasteiger partial charge in [-0.1, -0.05) is 97.1 Å². The second kappa shape index (κ2) is 7.17. The minimum atomic E-state index is -0.851. The molecule has 0 fully saturated rings. The fraction of sp³-hybridized carbons (Fsp3) is 0.188. The first-order valence-electron chi connectivity index (χ1n) is 12.3. The summed E-state index contributed by atoms with van der Waals surface area (Å²) in [5, 5.41) is 20.8. The monoisotopic (exact) mass is 472 g/mol. The lowest BCUT2D eigenvalue weighted by Gasteiger charge is -2.60. The van der Waals surface area contributed by atoms with Crippen LogP contribution in [0.5, 0.6) is 0 Å². The summed E-state index contributed by atoms with van der Waals surface area (Å²) in [6.07, 6.45) is -0.125. The fourth-order valence-electron chi connectivity index (χ4n) is 7.99. The van der Waals surface area contributed by atoms with E-state index in [1.807, 2.05) is 48.5 Å². The molecule has 10 rings (SSSR count). The van der Waals surface area contributed by atoms with E-state index in [0.717, 1.165) is 44.5 Å². The van der Waals surface area contributed by atoms with Crippen LogP contribution in [0.15, 0.2) is 97.1 Å². The molecule has 4 heteroatoms. The Morgan fingerprint density at radius 3 is 1.00 bits per heavy atom. The maximum Gasteiger partial charge on any atom is 0.304 e. The van der Waals surface area contributed by atoms with Crippen molar-refractivity contribution < 1.29 is 19.8 Å². The summed E-state index contributed by atoms with van der Waals surface area (Å²) in [6, 6.07) is 32.5. The highest BCUT2D eigenvalue weighted by Crippen LogP contribution is 2.69. The lowest BCUT2D eigenvalue weighted by molar-refractivity contribution is -0.139. The van der Waals surface area contributed by atoms with Crippen LogP contribution in [0, 0.1) is 0 Å². The standard InChI is InChI=1S/C32H24O4/c33-27(34)17-31-23-13-5-1-9-19(23)29(20-10-2-6-14-24(20)31)32(18-28(35)36)25-15-7-3-11-21(25)30(31)22-12-4-8-16-26(22)32/h1-16,29-30H,17-18H2,(H,33,34)(H,35,36). The van der Waals surface area contributed by atoms with Gasteiger partial charge in [0.25, 0.3) is 0 Å². The maximum atomic E-state index is 12.7. The molecule has 0 amide bonds. The average Bonchev–Trinajstić information content (AvgIpc) is 2.87. The van der Waals surface area contributed by atoms with Crippen molar-refractivity contribution in [3.8, 4) is 0 Å². The number of aliphatic carboxylic acids is 2. The Bertz CT molecular complexity index is 1370. The third-order valence-electron chi connectivity index (χ3n) is 8.86. The summed E-state index contributed by atoms with van der Waals surface area (Å²) in [7, 11) is 0. The van der Waals surface area contributed by atoms with Crippen molar-refractivity contribution in [1.82, 2.24) is 0 Å². The van der Waals surface area contributed by atoms with Crippen molar-refractivity contribution in [2.45, 2.75) is 35.5 Å². The molecule has 4 aromatic carbocycles. The maximum absolute atomic E-state index is 12.7. The molecule has 0 spiro atoms. The summed E-state index contributed by atoms with van der Waals surface area (Å²) in [5.74, 6) is -2.25. The number of hydrogen-bond acceptors (Lipinski definition) is 2. The van der Waals surface area contributed by atoms with E-state index in [1.54, 1.807) is 0 Å². The van der Waals surface area contributed by atoms with Gasteiger partial charge in [0.15, 0.2) is 0 Å². The van der Waals surface area contributed by atoms with Crippen molar-refractivity contribution in [2.24, 2.45) is 0 Å². The molecule has 0 aliphatic heterocycles. The zero-order valence-electron chi connectivity index (χ0n) is 19.5. The van der Waals surface area contributed by atoms with E-state index >= 15 is 0 Å². The molecule has 4 aromatic rings. The number of carbonyl (C=O) groups is 2. The Balaban J connectivity index is 1.77. The van der Waals surface area contributed by atoms with Crippen LogP contribution in [0.1, 0.15) is 69.2 Å². The van der Waals surface area contributed by atoms with Gasteiger partial charge in [-0.15, -0.1) is 0 Å². The van der Waals surface area contributed by atoms with E-state index in [2.05, 4.69) is 48.5 Å². The molecule has 0 saturated carbocycles. The van der Waals surface area contributed by atoms with Gasteiger partial charge in [-0.2, -0.15) is 0 Å². The molecule has 0 heterocycles. The van der Waals surface area contributed by atoms with Gasteiger partial charge >= 0.3 is 11.9 Å². The van der Waals surface area contributed by atoms with E-state index in [0.29, 0.717) is 0 Å². The fourth-order valence-corrected chi connectivity index (χ4v) is 7.99. The third kappa shape index (κ3) is 2.39. The van der Waals surface area contributed by atoms with Gasteiger partial charge in [-0.05, 0) is 44.5 Å². The molecular weight excluding hydrogens is 448 g/mol. The SMILES string of the molecule is O=C(O)CC12c3ccccc3C(c3ccccc31)C1(CC(=O)O)c3ccccc3C2c2ccccc21. The second-order valence-corrected chi connectivity index (χ2v) is 10.3. The van der Waals surface area contributed by atoms with Gasteiger partial charge < -0.3 is 10.2 Å². The highest BCUT2D eigenvalue weighted by Gasteiger charge is 2.63. The van der Waals surface area contributed by atoms with Crippen LogP contribution in [0.2, 0.25) is 0 Å². The zero-order chi connectivity index (χ0) is 24.7. The van der Waals surface area contributed by atoms with E-state index < -0.39 is 22.8 Å². The Labute approximate surface area is 208 Å². The van der Waals surface area contributed by atoms with E-state index in [1.165, 1.54) is 0 Å². The van der Waals surface area contributed by atoms with Crippen molar-refractivity contribution in [1.29, 1.82) is 0 Å². The third-order valence-corrected chi connectivity index (χ3v) is 8.86. The molecule has 176 valence electrons. The highest BCUT2D eigenvalue weighted by molar-refractivity contribution is 5.81. The molecule has 36 heavy (non-hydrogen) atoms. The summed E-state index contributed by atoms with van der Waals surface area (Å²) in [4.78, 5) is 25.4. The van der Waals surface area contributed by atoms with Crippen LogP contribution < -0.4 is 0 Å². The van der Waals surface area contributed by atoms with Crippen molar-refractivity contribution in [2.75, 3.05) is 0 Å². The lowest BCUT2D eigenvalue weighted by Crippen LogP contribution is -2.54. The molecule has 4 nitrogen and oxygen atoms in total. The largest absolute Gasteiger partial charge is 0.481 e. The number of carboxylic acid groups (broad SMARTS) is 2. The molecule has 6 aliphatic rings. The first kappa shape index (κ1) is 21.1. The molecule has 0 saturated heterocycles. The molecule has 0 atom stereocenters. The number of carboxylic acids is 2. The van der Waals surface area contributed by atoms with Gasteiger partial charge in [0.2, 0.25) is 0 Å². The normalized spacial score (nSPS) is 26.1. The van der Waals surface area contributed by atoms with Crippen LogP contribution in [0.25, 0.3) is 0 Å². The van der Waals surface area contributed by atoms with Gasteiger partial charge in [-0.3, -0.25) is 9.59 Å². The van der Waals surface area contributed by atoms with E-state index in [-0.39, 0.29) is 24.7 Å². The smallest absolute Gasteiger partial charge is 0.304 e. The first-order valence-corrected chi connectivity index (χ1v) is 12.3. The van der Waals surface area contributed by atoms with Crippen LogP contribution >= 0.6 is 0 Å². The first-order chi connectivity index (χ1) is 17.5. The number of rotatable bonds is 4. The minimum absolute atomic E-state index is 0.0625. The lowest BCUT2D eigenvalue weighted by atomic mass is 9.41. The van der Waals surface area contributed by atoms with E-state index in [9.17, 15) is 19.8 Å². The van der Waals surface area contributed by atoms with Crippen LogP contribution in [-0.4, -0.2) is 22.2 Å². The molecule has 4 bridgehead atoms. The quantitative estimate of drug-likeness (QED) is 0.393. The zero-order valence-corrected chi connectivity index (χ0v) is 19.5. The van der Waals surface area contributed by atoms with Crippen molar-refractivity contribution in [3.05, 3.63) is 142 Å². The number of benzene rings is 4. The minimum Gasteiger partial charge on any atom is -0.481 e. The summed E-state index contributed by atoms with van der Waals surface area (Å²) in [6.45, 7) is 0. The van der Waals surface area contributed by atoms with Crippen molar-refractivity contribution >= 4 is 11.9 Å². The summed E-state index contributed by atoms with van der Waals surface area (Å²) >= 11 is 0. The van der Waals surface area contributed by atoms with Gasteiger partial charge in [-0.25, -0.2) is 0 Å². The highest BCUT2D eigenvalue weighted by atomic mass is 16.4. The van der Waals surface area contributed by atoms with Crippen LogP contribution in [0.4, 0.5) is 0 Å². The van der Waals surface area contributed by atoms with E-state index in [4.69, 9.17) is 0 Å². The van der Waals surface area contributed by atoms with Gasteiger partial charge in [0.05, 0.1) is 12.8 Å². The topological polar surface area (TPSA) is 74.6 Å². The Morgan fingerprint density at radius 2 is 0.750 bits per heavy atom. The molecule has 2 N–H and O–H groups in total. The molecule has 0 radical (unpaired) electrons. The summed E-state index contributed by atoms with van der Waals surface area (Å²) < 4.78 is 0. The molecular formula is C32H24O4. The predicted octanol–water partition coefficient (Wildman–Crippen LogP) is 5.81. The Kier molecular flexibility index (Phi) is 4.21. The van der Waals surface area contributed by atoms with Crippen LogP contribution in [0.3, 0.4) is 0 Å². The van der Waals surface area contributed by atoms with Gasteiger partial charge in [0, 0.05) is 22.7 Å². The Hall–Kier alpha value is -4.18. The molecule has 0 unspecified atom stereocenters. The Morgan fingerprint density at radius 1 is 0.500 bits per heavy atom. The van der Waals surface area contributed by atoms with Gasteiger partial charge in [0.1, 0.15) is 0 Å².